The molecule has 0 aliphatic carbocycles. The zero-order valence-corrected chi connectivity index (χ0v) is 10.5. The van der Waals surface area contributed by atoms with Crippen LogP contribution in [0.15, 0.2) is 6.07 Å². The van der Waals surface area contributed by atoms with Crippen molar-refractivity contribution >= 4 is 11.8 Å². The molecular formula is C12H19N3O2. The molecule has 5 heteroatoms. The molecule has 1 rings (SSSR count). The minimum atomic E-state index is -0.762. The first-order chi connectivity index (χ1) is 8.02. The van der Waals surface area contributed by atoms with Gasteiger partial charge in [-0.15, -0.1) is 0 Å². The van der Waals surface area contributed by atoms with Gasteiger partial charge < -0.3 is 10.4 Å². The summed E-state index contributed by atoms with van der Waals surface area (Å²) in [7, 11) is 0. The fourth-order valence-corrected chi connectivity index (χ4v) is 1.70. The summed E-state index contributed by atoms with van der Waals surface area (Å²) in [5, 5.41) is 12.1. The highest BCUT2D eigenvalue weighted by molar-refractivity contribution is 5.70. The standard InChI is InChI=1S/C12H19N3O2/c1-4-5-10(12(16)17)7-13-11-6-8(2)14-9(3)15-11/h6,10H,4-5,7H2,1-3H3,(H,16,17)(H,13,14,15). The number of hydrogen-bond acceptors (Lipinski definition) is 4. The van der Waals surface area contributed by atoms with Crippen molar-refractivity contribution in [2.24, 2.45) is 5.92 Å². The van der Waals surface area contributed by atoms with E-state index in [4.69, 9.17) is 5.11 Å². The summed E-state index contributed by atoms with van der Waals surface area (Å²) in [5.41, 5.74) is 0.877. The molecule has 1 aromatic heterocycles. The maximum absolute atomic E-state index is 11.0. The molecule has 0 aliphatic rings. The molecule has 2 N–H and O–H groups in total. The quantitative estimate of drug-likeness (QED) is 0.791. The van der Waals surface area contributed by atoms with Crippen molar-refractivity contribution < 1.29 is 9.90 Å². The van der Waals surface area contributed by atoms with Crippen LogP contribution in [0.25, 0.3) is 0 Å². The second-order valence-corrected chi connectivity index (χ2v) is 4.15. The van der Waals surface area contributed by atoms with Gasteiger partial charge in [-0.05, 0) is 20.3 Å². The molecule has 0 saturated heterocycles. The number of carboxylic acids is 1. The summed E-state index contributed by atoms with van der Waals surface area (Å²) in [6, 6.07) is 1.82. The molecular weight excluding hydrogens is 218 g/mol. The number of rotatable bonds is 6. The average Bonchev–Trinajstić information content (AvgIpc) is 2.22. The molecule has 0 fully saturated rings. The van der Waals surface area contributed by atoms with Gasteiger partial charge in [-0.1, -0.05) is 13.3 Å². The largest absolute Gasteiger partial charge is 0.481 e. The monoisotopic (exact) mass is 237 g/mol. The van der Waals surface area contributed by atoms with Gasteiger partial charge in [-0.25, -0.2) is 9.97 Å². The summed E-state index contributed by atoms with van der Waals surface area (Å²) in [6.07, 6.45) is 1.53. The number of nitrogens with zero attached hydrogens (tertiary/aromatic N) is 2. The van der Waals surface area contributed by atoms with Gasteiger partial charge in [0.15, 0.2) is 0 Å². The Hall–Kier alpha value is -1.65. The van der Waals surface area contributed by atoms with Crippen LogP contribution in [-0.2, 0) is 4.79 Å². The van der Waals surface area contributed by atoms with Crippen LogP contribution in [0.1, 0.15) is 31.3 Å². The van der Waals surface area contributed by atoms with Crippen molar-refractivity contribution in [2.45, 2.75) is 33.6 Å². The molecule has 0 bridgehead atoms. The van der Waals surface area contributed by atoms with Crippen molar-refractivity contribution in [2.75, 3.05) is 11.9 Å². The van der Waals surface area contributed by atoms with E-state index < -0.39 is 5.97 Å². The van der Waals surface area contributed by atoms with Crippen LogP contribution >= 0.6 is 0 Å². The van der Waals surface area contributed by atoms with E-state index in [1.54, 1.807) is 0 Å². The van der Waals surface area contributed by atoms with E-state index in [0.29, 0.717) is 24.6 Å². The van der Waals surface area contributed by atoms with E-state index >= 15 is 0 Å². The third kappa shape index (κ3) is 4.38. The Morgan fingerprint density at radius 2 is 2.18 bits per heavy atom. The molecule has 17 heavy (non-hydrogen) atoms. The Kier molecular flexibility index (Phi) is 4.87. The molecule has 0 amide bonds. The summed E-state index contributed by atoms with van der Waals surface area (Å²) >= 11 is 0. The molecule has 0 aliphatic heterocycles. The zero-order chi connectivity index (χ0) is 12.8. The predicted molar refractivity (Wildman–Crippen MR) is 66.0 cm³/mol. The Bertz CT molecular complexity index is 373. The van der Waals surface area contributed by atoms with Crippen LogP contribution in [0, 0.1) is 19.8 Å². The van der Waals surface area contributed by atoms with Gasteiger partial charge in [0.25, 0.3) is 0 Å². The van der Waals surface area contributed by atoms with Crippen LogP contribution < -0.4 is 5.32 Å². The lowest BCUT2D eigenvalue weighted by molar-refractivity contribution is -0.141. The molecule has 0 aromatic carbocycles. The Morgan fingerprint density at radius 1 is 1.47 bits per heavy atom. The Balaban J connectivity index is 2.61. The summed E-state index contributed by atoms with van der Waals surface area (Å²) < 4.78 is 0. The van der Waals surface area contributed by atoms with Crippen molar-refractivity contribution in [1.82, 2.24) is 9.97 Å². The van der Waals surface area contributed by atoms with Gasteiger partial charge in [0.2, 0.25) is 0 Å². The third-order valence-corrected chi connectivity index (χ3v) is 2.48. The fraction of sp³-hybridized carbons (Fsp3) is 0.583. The van der Waals surface area contributed by atoms with Gasteiger partial charge in [0, 0.05) is 18.3 Å². The smallest absolute Gasteiger partial charge is 0.308 e. The van der Waals surface area contributed by atoms with E-state index in [9.17, 15) is 4.79 Å². The molecule has 1 aromatic rings. The van der Waals surface area contributed by atoms with Crippen molar-refractivity contribution in [1.29, 1.82) is 0 Å². The number of aryl methyl sites for hydroxylation is 2. The average molecular weight is 237 g/mol. The number of aliphatic carboxylic acids is 1. The summed E-state index contributed by atoms with van der Waals surface area (Å²) in [5.74, 6) is 0.254. The maximum Gasteiger partial charge on any atom is 0.308 e. The minimum Gasteiger partial charge on any atom is -0.481 e. The van der Waals surface area contributed by atoms with E-state index in [1.807, 2.05) is 26.8 Å². The molecule has 1 heterocycles. The van der Waals surface area contributed by atoms with E-state index in [-0.39, 0.29) is 5.92 Å². The first-order valence-corrected chi connectivity index (χ1v) is 5.82. The predicted octanol–water partition coefficient (Wildman–Crippen LogP) is 2.01. The van der Waals surface area contributed by atoms with Crippen LogP contribution in [0.4, 0.5) is 5.82 Å². The van der Waals surface area contributed by atoms with Gasteiger partial charge in [0.05, 0.1) is 5.92 Å². The van der Waals surface area contributed by atoms with Crippen molar-refractivity contribution in [3.63, 3.8) is 0 Å². The summed E-state index contributed by atoms with van der Waals surface area (Å²) in [4.78, 5) is 19.3. The van der Waals surface area contributed by atoms with Gasteiger partial charge in [-0.2, -0.15) is 0 Å². The lowest BCUT2D eigenvalue weighted by Gasteiger charge is -2.13. The van der Waals surface area contributed by atoms with Crippen LogP contribution in [0.2, 0.25) is 0 Å². The minimum absolute atomic E-state index is 0.365. The number of carboxylic acid groups (broad SMARTS) is 1. The third-order valence-electron chi connectivity index (χ3n) is 2.48. The number of anilines is 1. The van der Waals surface area contributed by atoms with E-state index in [1.165, 1.54) is 0 Å². The highest BCUT2D eigenvalue weighted by atomic mass is 16.4. The van der Waals surface area contributed by atoms with Crippen molar-refractivity contribution in [3.8, 4) is 0 Å². The van der Waals surface area contributed by atoms with Crippen LogP contribution in [0.5, 0.6) is 0 Å². The fourth-order valence-electron chi connectivity index (χ4n) is 1.70. The van der Waals surface area contributed by atoms with Gasteiger partial charge in [0.1, 0.15) is 11.6 Å². The Labute approximate surface area is 101 Å². The van der Waals surface area contributed by atoms with E-state index in [0.717, 1.165) is 12.1 Å². The normalized spacial score (nSPS) is 12.2. The van der Waals surface area contributed by atoms with E-state index in [2.05, 4.69) is 15.3 Å². The first-order valence-electron chi connectivity index (χ1n) is 5.82. The number of carbonyl (C=O) groups is 1. The van der Waals surface area contributed by atoms with Gasteiger partial charge in [-0.3, -0.25) is 4.79 Å². The molecule has 1 unspecified atom stereocenters. The SMILES string of the molecule is CCCC(CNc1cc(C)nc(C)n1)C(=O)O. The number of nitrogens with one attached hydrogen (secondary N) is 1. The second-order valence-electron chi connectivity index (χ2n) is 4.15. The molecule has 1 atom stereocenters. The molecule has 5 nitrogen and oxygen atoms in total. The topological polar surface area (TPSA) is 75.1 Å². The first kappa shape index (κ1) is 13.4. The molecule has 0 spiro atoms. The van der Waals surface area contributed by atoms with Crippen molar-refractivity contribution in [3.05, 3.63) is 17.6 Å². The highest BCUT2D eigenvalue weighted by Crippen LogP contribution is 2.10. The molecule has 0 radical (unpaired) electrons. The lowest BCUT2D eigenvalue weighted by atomic mass is 10.0. The molecule has 0 saturated carbocycles. The Morgan fingerprint density at radius 3 is 2.71 bits per heavy atom. The second kappa shape index (κ2) is 6.18. The number of hydrogen-bond donors (Lipinski definition) is 2. The van der Waals surface area contributed by atoms with Gasteiger partial charge >= 0.3 is 5.97 Å². The lowest BCUT2D eigenvalue weighted by Crippen LogP contribution is -2.23. The van der Waals surface area contributed by atoms with Crippen LogP contribution in [0.3, 0.4) is 0 Å². The highest BCUT2D eigenvalue weighted by Gasteiger charge is 2.16. The molecule has 94 valence electrons. The zero-order valence-electron chi connectivity index (χ0n) is 10.5. The number of aromatic nitrogens is 2. The maximum atomic E-state index is 11.0. The van der Waals surface area contributed by atoms with Crippen LogP contribution in [-0.4, -0.2) is 27.6 Å². The summed E-state index contributed by atoms with van der Waals surface area (Å²) in [6.45, 7) is 6.09.